The molecule has 2 nitrogen and oxygen atoms in total. The zero-order valence-corrected chi connectivity index (χ0v) is 21.0. The molecule has 25 heavy (non-hydrogen) atoms. The van der Waals surface area contributed by atoms with Gasteiger partial charge in [0.1, 0.15) is 15.6 Å². The van der Waals surface area contributed by atoms with E-state index in [2.05, 4.69) is 34.6 Å². The SMILES string of the molecule is CC[C@@]1(C)[C@@H](C)C(C)(C)N=[N+]1c1c(Cl)cc(Cl)cc1Cl.[Cl][Al-]([Cl])([Cl])[Cl]. The van der Waals surface area contributed by atoms with E-state index in [9.17, 15) is 0 Å². The Morgan fingerprint density at radius 2 is 1.44 bits per heavy atom. The molecule has 0 amide bonds. The largest absolute Gasteiger partial charge is 0.564 e. The molecule has 1 aliphatic rings. The average molecular weight is 503 g/mol. The summed E-state index contributed by atoms with van der Waals surface area (Å²) in [5, 5.41) is 6.48. The molecule has 0 saturated carbocycles. The fraction of sp³-hybridized carbons (Fsp3) is 0.600. The van der Waals surface area contributed by atoms with Crippen LogP contribution in [-0.4, -0.2) is 25.2 Å². The normalized spacial score (nSPS) is 25.3. The molecule has 0 radical (unpaired) electrons. The van der Waals surface area contributed by atoms with Crippen LogP contribution in [0.1, 0.15) is 41.0 Å². The summed E-state index contributed by atoms with van der Waals surface area (Å²) in [6, 6.07) is 3.43. The number of benzene rings is 1. The molecule has 1 aromatic carbocycles. The summed E-state index contributed by atoms with van der Waals surface area (Å²) >= 11 is 18.7. The maximum absolute atomic E-state index is 6.37. The molecule has 0 aromatic heterocycles. The number of halogens is 7. The van der Waals surface area contributed by atoms with Crippen molar-refractivity contribution >= 4 is 90.1 Å². The van der Waals surface area contributed by atoms with Crippen molar-refractivity contribution in [3.8, 4) is 0 Å². The van der Waals surface area contributed by atoms with Gasteiger partial charge in [-0.15, -0.1) is 0 Å². The lowest BCUT2D eigenvalue weighted by Gasteiger charge is -2.27. The van der Waals surface area contributed by atoms with E-state index in [0.29, 0.717) is 21.0 Å². The summed E-state index contributed by atoms with van der Waals surface area (Å²) in [7, 11) is 17.0. The molecule has 10 heteroatoms. The Bertz CT molecular complexity index is 643. The van der Waals surface area contributed by atoms with Crippen molar-refractivity contribution < 1.29 is 4.70 Å². The van der Waals surface area contributed by atoms with Gasteiger partial charge in [0.15, 0.2) is 5.54 Å². The summed E-state index contributed by atoms with van der Waals surface area (Å²) in [6.07, 6.45) is 0.955. The second-order valence-corrected chi connectivity index (χ2v) is 20.8. The minimum absolute atomic E-state index is 0.120. The highest BCUT2D eigenvalue weighted by Gasteiger charge is 2.58. The molecule has 0 unspecified atom stereocenters. The Balaban J connectivity index is 0.000000550. The summed E-state index contributed by atoms with van der Waals surface area (Å²) in [6.45, 7) is 10.9. The van der Waals surface area contributed by atoms with Crippen LogP contribution in [0.4, 0.5) is 5.69 Å². The highest BCUT2D eigenvalue weighted by atomic mass is 35.9. The molecule has 2 atom stereocenters. The number of hydrogen-bond donors (Lipinski definition) is 0. The predicted octanol–water partition coefficient (Wildman–Crippen LogP) is 8.72. The Kier molecular flexibility index (Phi) is 8.61. The molecule has 0 spiro atoms. The fourth-order valence-corrected chi connectivity index (χ4v) is 3.88. The van der Waals surface area contributed by atoms with Crippen LogP contribution < -0.4 is 0 Å². The van der Waals surface area contributed by atoms with Crippen LogP contribution in [0.15, 0.2) is 17.2 Å². The van der Waals surface area contributed by atoms with Crippen molar-refractivity contribution in [1.29, 1.82) is 0 Å². The first-order chi connectivity index (χ1) is 11.1. The summed E-state index contributed by atoms with van der Waals surface area (Å²) in [5.74, 6) is 0.378. The molecule has 0 fully saturated rings. The van der Waals surface area contributed by atoms with Crippen LogP contribution >= 0.6 is 75.0 Å². The standard InChI is InChI=1S/C15H20Cl3N2.Al.4ClH/c1-6-15(5)9(2)14(3,4)19-20(15)13-11(17)7-10(16)8-12(13)18;;;;;/h7-9H,6H2,1-5H3;;4*1H/q+1;+3;;;;/p-4/t9-,15-;;;;;/m0...../s1. The van der Waals surface area contributed by atoms with E-state index in [1.165, 1.54) is 0 Å². The number of azo groups is 2. The van der Waals surface area contributed by atoms with Crippen LogP contribution in [0, 0.1) is 5.92 Å². The second-order valence-electron chi connectivity index (χ2n) is 6.71. The van der Waals surface area contributed by atoms with E-state index >= 15 is 0 Å². The van der Waals surface area contributed by atoms with Gasteiger partial charge in [0.05, 0.1) is 5.92 Å². The first kappa shape index (κ1) is 24.4. The molecule has 2 rings (SSSR count). The fourth-order valence-electron chi connectivity index (χ4n) is 2.90. The zero-order valence-electron chi connectivity index (χ0n) is 14.6. The van der Waals surface area contributed by atoms with E-state index in [1.54, 1.807) is 12.1 Å². The smallest absolute Gasteiger partial charge is 0.391 e. The molecule has 0 saturated heterocycles. The molecule has 0 bridgehead atoms. The van der Waals surface area contributed by atoms with Gasteiger partial charge in [-0.25, -0.2) is 0 Å². The van der Waals surface area contributed by atoms with Crippen molar-refractivity contribution in [2.24, 2.45) is 11.0 Å². The van der Waals surface area contributed by atoms with E-state index in [1.807, 2.05) is 4.70 Å². The van der Waals surface area contributed by atoms with E-state index in [0.717, 1.165) is 12.1 Å². The average Bonchev–Trinajstić information content (AvgIpc) is 2.57. The van der Waals surface area contributed by atoms with Gasteiger partial charge in [0.25, 0.3) is 5.69 Å². The molecule has 0 aliphatic carbocycles. The van der Waals surface area contributed by atoms with Gasteiger partial charge in [-0.3, -0.25) is 0 Å². The molecule has 1 heterocycles. The highest BCUT2D eigenvalue weighted by molar-refractivity contribution is 7.81. The molecular weight excluding hydrogens is 483 g/mol. The third kappa shape index (κ3) is 6.18. The molecule has 1 aliphatic heterocycles. The molecular formula is C15H20AlCl7N2. The maximum Gasteiger partial charge on any atom is 0.564 e. The Morgan fingerprint density at radius 3 is 1.80 bits per heavy atom. The van der Waals surface area contributed by atoms with Gasteiger partial charge >= 0.3 is 9.39 Å². The summed E-state index contributed by atoms with van der Waals surface area (Å²) in [5.41, 5.74) is 0.473. The van der Waals surface area contributed by atoms with Crippen molar-refractivity contribution in [2.75, 3.05) is 0 Å². The minimum atomic E-state index is -2.94. The molecule has 0 N–H and O–H groups in total. The van der Waals surface area contributed by atoms with Crippen molar-refractivity contribution in [3.05, 3.63) is 27.2 Å². The van der Waals surface area contributed by atoms with Crippen LogP contribution in [0.2, 0.25) is 15.1 Å². The summed E-state index contributed by atoms with van der Waals surface area (Å²) < 4.78 is 2.00. The number of rotatable bonds is 2. The molecule has 142 valence electrons. The van der Waals surface area contributed by atoms with Crippen LogP contribution in [0.25, 0.3) is 0 Å². The van der Waals surface area contributed by atoms with E-state index in [-0.39, 0.29) is 11.1 Å². The number of hydrogen-bond acceptors (Lipinski definition) is 1. The first-order valence-electron chi connectivity index (χ1n) is 7.68. The van der Waals surface area contributed by atoms with Gasteiger partial charge in [-0.05, 0) is 31.1 Å². The quantitative estimate of drug-likeness (QED) is 0.283. The van der Waals surface area contributed by atoms with Gasteiger partial charge in [-0.1, -0.05) is 53.3 Å². The van der Waals surface area contributed by atoms with Gasteiger partial charge in [-0.2, -0.15) is 0 Å². The Hall–Kier alpha value is 1.38. The lowest BCUT2D eigenvalue weighted by Crippen LogP contribution is -2.42. The maximum atomic E-state index is 6.37. The lowest BCUT2D eigenvalue weighted by atomic mass is 9.75. The molecule has 1 aromatic rings. The predicted molar refractivity (Wildman–Crippen MR) is 115 cm³/mol. The Labute approximate surface area is 183 Å². The van der Waals surface area contributed by atoms with Gasteiger partial charge < -0.3 is 40.2 Å². The second kappa shape index (κ2) is 8.81. The monoisotopic (exact) mass is 500 g/mol. The topological polar surface area (TPSA) is 15.4 Å². The van der Waals surface area contributed by atoms with Crippen LogP contribution in [0.3, 0.4) is 0 Å². The lowest BCUT2D eigenvalue weighted by molar-refractivity contribution is -0.583. The minimum Gasteiger partial charge on any atom is -0.391 e. The van der Waals surface area contributed by atoms with Crippen molar-refractivity contribution in [3.63, 3.8) is 0 Å². The highest BCUT2D eigenvalue weighted by Crippen LogP contribution is 2.49. The van der Waals surface area contributed by atoms with Crippen LogP contribution in [0.5, 0.6) is 0 Å². The van der Waals surface area contributed by atoms with Crippen LogP contribution in [-0.2, 0) is 0 Å². The third-order valence-corrected chi connectivity index (χ3v) is 5.54. The van der Waals surface area contributed by atoms with Gasteiger partial charge in [0.2, 0.25) is 0 Å². The van der Waals surface area contributed by atoms with Gasteiger partial charge in [0, 0.05) is 18.4 Å². The third-order valence-electron chi connectivity index (χ3n) is 4.74. The Morgan fingerprint density at radius 1 is 1.04 bits per heavy atom. The van der Waals surface area contributed by atoms with E-state index < -0.39 is 9.39 Å². The van der Waals surface area contributed by atoms with E-state index in [4.69, 9.17) is 80.1 Å². The summed E-state index contributed by atoms with van der Waals surface area (Å²) in [4.78, 5) is 0. The first-order valence-corrected chi connectivity index (χ1v) is 15.8. The van der Waals surface area contributed by atoms with Crippen molar-refractivity contribution in [1.82, 2.24) is 0 Å². The zero-order chi connectivity index (χ0) is 19.8. The van der Waals surface area contributed by atoms with Crippen molar-refractivity contribution in [2.45, 2.75) is 52.1 Å². The number of nitrogens with zero attached hydrogens (tertiary/aromatic N) is 2.